The Balaban J connectivity index is 1.43. The molecule has 0 unspecified atom stereocenters. The second kappa shape index (κ2) is 22.4. The SMILES string of the molecule is CC(=O)O[C@@]12CO[C@@H]1C[C@H](O)[C@@]1(C)C(=O)[C@H](O)C3=C(C)[C@@H](OC(=O)[C@H](OC(=O)CCCCCCSOOON)[C@@H](NC(=O)OC(C)(C)C)c4ccccc4)C[C@@](O)([C@@H](OC(=O)c4ccccc4)[C@H]21)C3(C)C. The fourth-order valence-corrected chi connectivity index (χ4v) is 11.2. The Morgan fingerprint density at radius 3 is 2.20 bits per heavy atom. The normalized spacial score (nSPS) is 29.6. The van der Waals surface area contributed by atoms with Gasteiger partial charge in [0.15, 0.2) is 11.4 Å². The van der Waals surface area contributed by atoms with E-state index in [1.165, 1.54) is 39.8 Å². The average Bonchev–Trinajstić information content (AvgIpc) is 3.30. The Kier molecular flexibility index (Phi) is 17.5. The molecule has 6 N–H and O–H groups in total. The predicted octanol–water partition coefficient (Wildman–Crippen LogP) is 5.16. The van der Waals surface area contributed by atoms with Crippen LogP contribution in [0.5, 0.6) is 0 Å². The number of hydrogen-bond donors (Lipinski definition) is 5. The van der Waals surface area contributed by atoms with Crippen molar-refractivity contribution in [2.45, 2.75) is 160 Å². The molecule has 0 aromatic heterocycles. The van der Waals surface area contributed by atoms with E-state index in [0.29, 0.717) is 37.0 Å². The third-order valence-corrected chi connectivity index (χ3v) is 14.9. The Morgan fingerprint density at radius 2 is 1.59 bits per heavy atom. The van der Waals surface area contributed by atoms with Crippen LogP contribution < -0.4 is 11.2 Å². The van der Waals surface area contributed by atoms with Crippen LogP contribution in [0.2, 0.25) is 0 Å². The lowest BCUT2D eigenvalue weighted by Crippen LogP contribution is -2.81. The van der Waals surface area contributed by atoms with Gasteiger partial charge in [-0.25, -0.2) is 14.4 Å². The highest BCUT2D eigenvalue weighted by molar-refractivity contribution is 7.94. The van der Waals surface area contributed by atoms with Crippen LogP contribution in [0.25, 0.3) is 0 Å². The third-order valence-electron chi connectivity index (χ3n) is 14.3. The zero-order valence-electron chi connectivity index (χ0n) is 41.2. The second-order valence-electron chi connectivity index (χ2n) is 20.3. The number of alkyl carbamates (subject to hydrolysis) is 1. The van der Waals surface area contributed by atoms with Crippen LogP contribution in [-0.2, 0) is 62.0 Å². The third kappa shape index (κ3) is 11.5. The summed E-state index contributed by atoms with van der Waals surface area (Å²) in [6.45, 7) is 11.7. The Hall–Kier alpha value is -4.97. The Labute approximate surface area is 416 Å². The van der Waals surface area contributed by atoms with Crippen molar-refractivity contribution >= 4 is 47.8 Å². The highest BCUT2D eigenvalue weighted by Crippen LogP contribution is 2.64. The Bertz CT molecular complexity index is 2290. The molecule has 0 spiro atoms. The first-order chi connectivity index (χ1) is 33.4. The van der Waals surface area contributed by atoms with E-state index >= 15 is 9.59 Å². The first kappa shape index (κ1) is 55.3. The zero-order valence-corrected chi connectivity index (χ0v) is 42.0. The van der Waals surface area contributed by atoms with Gasteiger partial charge in [0.2, 0.25) is 6.10 Å². The molecule has 3 aliphatic carbocycles. The van der Waals surface area contributed by atoms with Crippen molar-refractivity contribution in [3.8, 4) is 0 Å². The number of aliphatic hydroxyl groups is 3. The number of amides is 1. The van der Waals surface area contributed by atoms with Gasteiger partial charge in [-0.2, -0.15) is 5.90 Å². The lowest BCUT2D eigenvalue weighted by Gasteiger charge is -2.67. The first-order valence-corrected chi connectivity index (χ1v) is 24.5. The van der Waals surface area contributed by atoms with Crippen molar-refractivity contribution in [1.29, 1.82) is 0 Å². The first-order valence-electron chi connectivity index (χ1n) is 23.6. The van der Waals surface area contributed by atoms with Crippen LogP contribution in [-0.4, -0.2) is 117 Å². The van der Waals surface area contributed by atoms with Crippen molar-refractivity contribution in [1.82, 2.24) is 5.32 Å². The number of aliphatic hydroxyl groups excluding tert-OH is 2. The second-order valence-corrected chi connectivity index (χ2v) is 21.0. The number of ether oxygens (including phenoxy) is 6. The van der Waals surface area contributed by atoms with E-state index in [-0.39, 0.29) is 36.2 Å². The quantitative estimate of drug-likeness (QED) is 0.0231. The number of fused-ring (bicyclic) bond motifs is 5. The summed E-state index contributed by atoms with van der Waals surface area (Å²) in [5, 5.41) is 45.0. The molecule has 2 saturated carbocycles. The van der Waals surface area contributed by atoms with Crippen molar-refractivity contribution in [2.75, 3.05) is 12.4 Å². The molecular weight excluding hydrogens is 949 g/mol. The monoisotopic (exact) mass is 1010 g/mol. The van der Waals surface area contributed by atoms with Gasteiger partial charge in [0.1, 0.15) is 41.7 Å². The number of Topliss-reactive ketones (excluding diaryl/α,β-unsaturated/α-hetero) is 1. The fraction of sp³-hybridized carbons (Fsp3) is 0.600. The number of nitrogens with one attached hydrogen (secondary N) is 1. The summed E-state index contributed by atoms with van der Waals surface area (Å²) in [6, 6.07) is 14.6. The summed E-state index contributed by atoms with van der Waals surface area (Å²) < 4.78 is 40.8. The summed E-state index contributed by atoms with van der Waals surface area (Å²) in [7, 11) is 0. The molecule has 21 heteroatoms. The number of benzene rings is 2. The average molecular weight is 1020 g/mol. The fourth-order valence-electron chi connectivity index (χ4n) is 10.7. The van der Waals surface area contributed by atoms with Gasteiger partial charge < -0.3 is 49.1 Å². The van der Waals surface area contributed by atoms with Gasteiger partial charge in [0.05, 0.1) is 29.6 Å². The molecule has 3 fully saturated rings. The molecule has 1 saturated heterocycles. The van der Waals surface area contributed by atoms with Crippen molar-refractivity contribution in [3.05, 3.63) is 82.9 Å². The number of carbonyl (C=O) groups excluding carboxylic acids is 6. The number of nitrogens with two attached hydrogens (primary N) is 1. The van der Waals surface area contributed by atoms with Crippen LogP contribution in [0.1, 0.15) is 122 Å². The molecule has 1 heterocycles. The van der Waals surface area contributed by atoms with Gasteiger partial charge in [-0.3, -0.25) is 14.4 Å². The lowest BCUT2D eigenvalue weighted by molar-refractivity contribution is -0.464. The Morgan fingerprint density at radius 1 is 0.944 bits per heavy atom. The number of esters is 4. The summed E-state index contributed by atoms with van der Waals surface area (Å²) >= 11 is 0.976. The van der Waals surface area contributed by atoms with E-state index < -0.39 is 118 Å². The summed E-state index contributed by atoms with van der Waals surface area (Å²) in [5.74, 6) is -0.975. The van der Waals surface area contributed by atoms with Gasteiger partial charge in [-0.05, 0) is 81.3 Å². The molecule has 2 aromatic carbocycles. The number of ketones is 1. The molecule has 71 heavy (non-hydrogen) atoms. The molecule has 2 bridgehead atoms. The minimum Gasteiger partial charge on any atom is -0.455 e. The van der Waals surface area contributed by atoms with Crippen molar-refractivity contribution in [3.63, 3.8) is 0 Å². The molecule has 6 rings (SSSR count). The van der Waals surface area contributed by atoms with Crippen LogP contribution in [0.3, 0.4) is 0 Å². The molecule has 2 aromatic rings. The molecule has 390 valence electrons. The number of unbranched alkanes of at least 4 members (excludes halogenated alkanes) is 3. The maximum absolute atomic E-state index is 15.2. The summed E-state index contributed by atoms with van der Waals surface area (Å²) in [4.78, 5) is 88.9. The van der Waals surface area contributed by atoms with Crippen molar-refractivity contribution in [2.24, 2.45) is 22.6 Å². The maximum Gasteiger partial charge on any atom is 0.408 e. The van der Waals surface area contributed by atoms with Gasteiger partial charge >= 0.3 is 30.0 Å². The van der Waals surface area contributed by atoms with Crippen LogP contribution in [0, 0.1) is 16.7 Å². The summed E-state index contributed by atoms with van der Waals surface area (Å²) in [5.41, 5.74) is -8.55. The maximum atomic E-state index is 15.2. The van der Waals surface area contributed by atoms with Crippen LogP contribution >= 0.6 is 12.0 Å². The molecule has 4 aliphatic rings. The smallest absolute Gasteiger partial charge is 0.408 e. The van der Waals surface area contributed by atoms with Crippen LogP contribution in [0.15, 0.2) is 71.8 Å². The lowest BCUT2D eigenvalue weighted by atomic mass is 9.44. The predicted molar refractivity (Wildman–Crippen MR) is 250 cm³/mol. The minimum atomic E-state index is -2.43. The van der Waals surface area contributed by atoms with E-state index in [2.05, 4.69) is 19.7 Å². The van der Waals surface area contributed by atoms with Gasteiger partial charge in [-0.15, -0.1) is 9.32 Å². The molecule has 11 atom stereocenters. The zero-order chi connectivity index (χ0) is 52.1. The molecule has 20 nitrogen and oxygen atoms in total. The topological polar surface area (TPSA) is 284 Å². The summed E-state index contributed by atoms with van der Waals surface area (Å²) in [6.07, 6.45) is -9.57. The highest BCUT2D eigenvalue weighted by Gasteiger charge is 2.78. The minimum absolute atomic E-state index is 0.0562. The molecule has 0 radical (unpaired) electrons. The van der Waals surface area contributed by atoms with Gasteiger partial charge in [-0.1, -0.05) is 75.2 Å². The standard InChI is InChI=1S/C50H66N2O18S/c1-28-32(63-44(59)39(64-35(55)23-17-9-10-18-24-71-70-69-68-51)37(30-19-13-11-14-20-30)52-45(60)67-46(3,4)5)26-50(61)42(65-43(58)31-21-15-12-16-22-31)40-48(8,41(57)38(56)36(28)47(50,6)7)33(54)25-34-49(40,27-62-34)66-29(2)53/h11-16,19-22,32-34,37-40,42,54,56,61H,9-10,17-18,23-27,51H2,1-8H3,(H,52,60)/t32-,33-,34+,37-,38+,39+,40-,42-,48+,49-,50+/m0/s1. The largest absolute Gasteiger partial charge is 0.455 e. The van der Waals surface area contributed by atoms with Crippen LogP contribution in [0.4, 0.5) is 4.79 Å². The van der Waals surface area contributed by atoms with Gasteiger partial charge in [0.25, 0.3) is 0 Å². The molecule has 1 amide bonds. The van der Waals surface area contributed by atoms with E-state index in [0.717, 1.165) is 19.0 Å². The number of carbonyl (C=O) groups is 6. The van der Waals surface area contributed by atoms with E-state index in [1.807, 2.05) is 0 Å². The molecular formula is C50H66N2O18S. The van der Waals surface area contributed by atoms with Gasteiger partial charge in [0, 0.05) is 49.4 Å². The highest BCUT2D eigenvalue weighted by atomic mass is 32.2. The van der Waals surface area contributed by atoms with E-state index in [4.69, 9.17) is 34.3 Å². The molecule has 1 aliphatic heterocycles. The van der Waals surface area contributed by atoms with E-state index in [9.17, 15) is 34.5 Å². The number of rotatable bonds is 19. The van der Waals surface area contributed by atoms with E-state index in [1.54, 1.807) is 69.3 Å². The number of hydrogen-bond acceptors (Lipinski definition) is 20. The van der Waals surface area contributed by atoms with Crippen molar-refractivity contribution < 1.29 is 86.9 Å².